The Labute approximate surface area is 84.8 Å². The average molecular weight is 184 g/mol. The Morgan fingerprint density at radius 1 is 1.50 bits per heavy atom. The maximum Gasteiger partial charge on any atom is 0.0994 e. The van der Waals surface area contributed by atoms with Crippen LogP contribution in [0.1, 0.15) is 11.1 Å². The molecule has 2 heteroatoms. The number of nitriles is 1. The molecule has 0 saturated carbocycles. The fraction of sp³-hybridized carbons (Fsp3) is 0.250. The molecule has 14 heavy (non-hydrogen) atoms. The quantitative estimate of drug-likeness (QED) is 0.657. The van der Waals surface area contributed by atoms with E-state index in [4.69, 9.17) is 11.7 Å². The molecule has 0 heterocycles. The van der Waals surface area contributed by atoms with Crippen molar-refractivity contribution in [1.29, 1.82) is 5.26 Å². The van der Waals surface area contributed by atoms with E-state index in [-0.39, 0.29) is 0 Å². The Morgan fingerprint density at radius 2 is 2.21 bits per heavy atom. The predicted octanol–water partition coefficient (Wildman–Crippen LogP) is 1.94. The summed E-state index contributed by atoms with van der Waals surface area (Å²) in [5.41, 5.74) is 2.73. The highest BCUT2D eigenvalue weighted by Gasteiger charge is 2.02. The van der Waals surface area contributed by atoms with E-state index in [2.05, 4.69) is 12.0 Å². The van der Waals surface area contributed by atoms with Crippen LogP contribution in [0.4, 0.5) is 5.69 Å². The second-order valence-corrected chi connectivity index (χ2v) is 3.17. The maximum atomic E-state index is 8.76. The topological polar surface area (TPSA) is 27.0 Å². The van der Waals surface area contributed by atoms with E-state index >= 15 is 0 Å². The van der Waals surface area contributed by atoms with Gasteiger partial charge in [0.15, 0.2) is 0 Å². The predicted molar refractivity (Wildman–Crippen MR) is 58.0 cm³/mol. The molecule has 1 aromatic rings. The number of terminal acetylenes is 1. The minimum atomic E-state index is 0.575. The Bertz CT molecular complexity index is 407. The standard InChI is InChI=1S/C12H12N2/c1-4-7-14(3)12-6-5-11(9-13)10(2)8-12/h1,5-6,8H,7H2,2-3H3. The van der Waals surface area contributed by atoms with Crippen LogP contribution in [0.2, 0.25) is 0 Å². The third kappa shape index (κ3) is 2.06. The highest BCUT2D eigenvalue weighted by Crippen LogP contribution is 2.17. The molecule has 0 aliphatic heterocycles. The smallest absolute Gasteiger partial charge is 0.0994 e. The van der Waals surface area contributed by atoms with Gasteiger partial charge < -0.3 is 4.90 Å². The Balaban J connectivity index is 2.99. The fourth-order valence-electron chi connectivity index (χ4n) is 1.24. The molecule has 0 aromatic heterocycles. The molecule has 0 fully saturated rings. The molecule has 0 atom stereocenters. The van der Waals surface area contributed by atoms with Gasteiger partial charge in [-0.15, -0.1) is 6.42 Å². The maximum absolute atomic E-state index is 8.76. The second-order valence-electron chi connectivity index (χ2n) is 3.17. The minimum absolute atomic E-state index is 0.575. The van der Waals surface area contributed by atoms with Gasteiger partial charge in [-0.05, 0) is 30.7 Å². The average Bonchev–Trinajstić information content (AvgIpc) is 2.18. The van der Waals surface area contributed by atoms with Gasteiger partial charge in [-0.2, -0.15) is 5.26 Å². The molecule has 1 aromatic carbocycles. The summed E-state index contributed by atoms with van der Waals surface area (Å²) in [5.74, 6) is 2.57. The third-order valence-corrected chi connectivity index (χ3v) is 2.10. The largest absolute Gasteiger partial charge is 0.363 e. The minimum Gasteiger partial charge on any atom is -0.363 e. The molecule has 0 amide bonds. The lowest BCUT2D eigenvalue weighted by Gasteiger charge is -2.16. The van der Waals surface area contributed by atoms with Crippen molar-refractivity contribution in [3.63, 3.8) is 0 Å². The van der Waals surface area contributed by atoms with Crippen LogP contribution in [0.15, 0.2) is 18.2 Å². The summed E-state index contributed by atoms with van der Waals surface area (Å²) in [5, 5.41) is 8.76. The van der Waals surface area contributed by atoms with Gasteiger partial charge >= 0.3 is 0 Å². The van der Waals surface area contributed by atoms with Gasteiger partial charge in [0.1, 0.15) is 0 Å². The first kappa shape index (κ1) is 10.2. The van der Waals surface area contributed by atoms with Crippen molar-refractivity contribution in [3.8, 4) is 18.4 Å². The summed E-state index contributed by atoms with van der Waals surface area (Å²) in [7, 11) is 1.93. The van der Waals surface area contributed by atoms with Crippen LogP contribution in [0.25, 0.3) is 0 Å². The first-order valence-electron chi connectivity index (χ1n) is 4.34. The molecule has 70 valence electrons. The molecular weight excluding hydrogens is 172 g/mol. The monoisotopic (exact) mass is 184 g/mol. The summed E-state index contributed by atoms with van der Waals surface area (Å²) in [6.07, 6.45) is 5.22. The molecule has 0 aliphatic rings. The van der Waals surface area contributed by atoms with Crippen LogP contribution in [0, 0.1) is 30.6 Å². The molecule has 0 saturated heterocycles. The number of hydrogen-bond donors (Lipinski definition) is 0. The van der Waals surface area contributed by atoms with Gasteiger partial charge in [0.2, 0.25) is 0 Å². The van der Waals surface area contributed by atoms with Gasteiger partial charge in [0.05, 0.1) is 18.2 Å². The lowest BCUT2D eigenvalue weighted by Crippen LogP contribution is -2.16. The normalized spacial score (nSPS) is 8.86. The molecule has 2 nitrogen and oxygen atoms in total. The van der Waals surface area contributed by atoms with Crippen LogP contribution < -0.4 is 4.90 Å². The Morgan fingerprint density at radius 3 is 2.71 bits per heavy atom. The Kier molecular flexibility index (Phi) is 3.15. The van der Waals surface area contributed by atoms with E-state index in [1.807, 2.05) is 37.1 Å². The number of rotatable bonds is 2. The number of anilines is 1. The van der Waals surface area contributed by atoms with Gasteiger partial charge in [-0.1, -0.05) is 5.92 Å². The van der Waals surface area contributed by atoms with Crippen molar-refractivity contribution < 1.29 is 0 Å². The highest BCUT2D eigenvalue weighted by molar-refractivity contribution is 5.53. The molecule has 0 bridgehead atoms. The van der Waals surface area contributed by atoms with Gasteiger partial charge in [-0.3, -0.25) is 0 Å². The molecule has 0 radical (unpaired) electrons. The molecular formula is C12H12N2. The van der Waals surface area contributed by atoms with Crippen LogP contribution in [0.5, 0.6) is 0 Å². The van der Waals surface area contributed by atoms with Gasteiger partial charge in [0.25, 0.3) is 0 Å². The second kappa shape index (κ2) is 4.35. The van der Waals surface area contributed by atoms with Crippen molar-refractivity contribution in [2.45, 2.75) is 6.92 Å². The zero-order valence-corrected chi connectivity index (χ0v) is 8.41. The first-order chi connectivity index (χ1) is 6.69. The number of benzene rings is 1. The summed E-state index contributed by atoms with van der Waals surface area (Å²) in [6.45, 7) is 2.50. The van der Waals surface area contributed by atoms with Crippen LogP contribution in [-0.2, 0) is 0 Å². The van der Waals surface area contributed by atoms with Gasteiger partial charge in [0, 0.05) is 12.7 Å². The van der Waals surface area contributed by atoms with E-state index in [9.17, 15) is 0 Å². The van der Waals surface area contributed by atoms with Crippen molar-refractivity contribution in [3.05, 3.63) is 29.3 Å². The van der Waals surface area contributed by atoms with Gasteiger partial charge in [-0.25, -0.2) is 0 Å². The zero-order valence-electron chi connectivity index (χ0n) is 8.41. The van der Waals surface area contributed by atoms with Crippen LogP contribution in [0.3, 0.4) is 0 Å². The lowest BCUT2D eigenvalue weighted by atomic mass is 10.1. The van der Waals surface area contributed by atoms with Crippen molar-refractivity contribution >= 4 is 5.69 Å². The van der Waals surface area contributed by atoms with E-state index in [1.165, 1.54) is 0 Å². The Hall–Kier alpha value is -1.93. The molecule has 0 aliphatic carbocycles. The number of hydrogen-bond acceptors (Lipinski definition) is 2. The SMILES string of the molecule is C#CCN(C)c1ccc(C#N)c(C)c1. The molecule has 1 rings (SSSR count). The van der Waals surface area contributed by atoms with Crippen molar-refractivity contribution in [1.82, 2.24) is 0 Å². The third-order valence-electron chi connectivity index (χ3n) is 2.10. The molecule has 0 spiro atoms. The lowest BCUT2D eigenvalue weighted by molar-refractivity contribution is 1.05. The summed E-state index contributed by atoms with van der Waals surface area (Å²) >= 11 is 0. The van der Waals surface area contributed by atoms with E-state index in [0.29, 0.717) is 12.1 Å². The van der Waals surface area contributed by atoms with Crippen LogP contribution in [-0.4, -0.2) is 13.6 Å². The first-order valence-corrected chi connectivity index (χ1v) is 4.34. The number of aryl methyl sites for hydroxylation is 1. The number of nitrogens with zero attached hydrogens (tertiary/aromatic N) is 2. The molecule has 0 N–H and O–H groups in total. The summed E-state index contributed by atoms with van der Waals surface area (Å²) in [4.78, 5) is 1.97. The summed E-state index contributed by atoms with van der Waals surface area (Å²) in [6, 6.07) is 7.83. The van der Waals surface area contributed by atoms with E-state index < -0.39 is 0 Å². The van der Waals surface area contributed by atoms with Crippen LogP contribution >= 0.6 is 0 Å². The van der Waals surface area contributed by atoms with Crippen molar-refractivity contribution in [2.24, 2.45) is 0 Å². The van der Waals surface area contributed by atoms with E-state index in [1.54, 1.807) is 0 Å². The van der Waals surface area contributed by atoms with E-state index in [0.717, 1.165) is 11.3 Å². The summed E-state index contributed by atoms with van der Waals surface area (Å²) < 4.78 is 0. The molecule has 0 unspecified atom stereocenters. The zero-order chi connectivity index (χ0) is 10.6. The highest BCUT2D eigenvalue weighted by atomic mass is 15.1. The van der Waals surface area contributed by atoms with Crippen molar-refractivity contribution in [2.75, 3.05) is 18.5 Å². The fourth-order valence-corrected chi connectivity index (χ4v) is 1.24.